The van der Waals surface area contributed by atoms with Crippen LogP contribution in [0.15, 0.2) is 12.2 Å². The summed E-state index contributed by atoms with van der Waals surface area (Å²) in [4.78, 5) is 21.8. The zero-order valence-electron chi connectivity index (χ0n) is 9.35. The van der Waals surface area contributed by atoms with Gasteiger partial charge in [-0.1, -0.05) is 6.08 Å². The van der Waals surface area contributed by atoms with Gasteiger partial charge in [-0.3, -0.25) is 4.79 Å². The normalized spacial score (nSPS) is 18.4. The van der Waals surface area contributed by atoms with E-state index >= 15 is 0 Å². The third-order valence-corrected chi connectivity index (χ3v) is 2.07. The van der Waals surface area contributed by atoms with Crippen LogP contribution in [0, 0.1) is 0 Å². The summed E-state index contributed by atoms with van der Waals surface area (Å²) in [7, 11) is 0. The van der Waals surface area contributed by atoms with Crippen molar-refractivity contribution in [3.63, 3.8) is 0 Å². The van der Waals surface area contributed by atoms with Gasteiger partial charge >= 0.3 is 0 Å². The summed E-state index contributed by atoms with van der Waals surface area (Å²) in [6, 6.07) is -1.37. The molecule has 0 aliphatic rings. The van der Waals surface area contributed by atoms with E-state index in [4.69, 9.17) is 10.2 Å². The first-order valence-corrected chi connectivity index (χ1v) is 5.01. The number of hydrogen-bond acceptors (Lipinski definition) is 6. The lowest BCUT2D eigenvalue weighted by Gasteiger charge is -2.25. The van der Waals surface area contributed by atoms with Crippen LogP contribution in [-0.2, 0) is 9.59 Å². The molecule has 7 nitrogen and oxygen atoms in total. The van der Waals surface area contributed by atoms with E-state index in [0.717, 1.165) is 6.08 Å². The standard InChI is InChI=1S/C10H17NO6/c1-2-3-8(15)11-6(4-12)9(16)10(17)7(14)5-13/h2-4,6-7,9-10,13-14,16-17H,5H2,1H3,(H,11,15)/t6-,7+,9+,10+/m0/s1. The van der Waals surface area contributed by atoms with Crippen molar-refractivity contribution in [2.75, 3.05) is 6.61 Å². The molecule has 5 N–H and O–H groups in total. The van der Waals surface area contributed by atoms with Crippen molar-refractivity contribution in [1.29, 1.82) is 0 Å². The zero-order valence-corrected chi connectivity index (χ0v) is 9.35. The monoisotopic (exact) mass is 247 g/mol. The Morgan fingerprint density at radius 1 is 1.29 bits per heavy atom. The van der Waals surface area contributed by atoms with E-state index < -0.39 is 36.9 Å². The fourth-order valence-corrected chi connectivity index (χ4v) is 1.11. The quantitative estimate of drug-likeness (QED) is 0.246. The van der Waals surface area contributed by atoms with Crippen LogP contribution in [0.4, 0.5) is 0 Å². The number of aliphatic hydroxyl groups is 4. The van der Waals surface area contributed by atoms with Gasteiger partial charge in [0.2, 0.25) is 5.91 Å². The summed E-state index contributed by atoms with van der Waals surface area (Å²) < 4.78 is 0. The van der Waals surface area contributed by atoms with E-state index in [1.165, 1.54) is 6.08 Å². The van der Waals surface area contributed by atoms with Gasteiger partial charge in [-0.25, -0.2) is 0 Å². The Labute approximate surface area is 98.4 Å². The minimum Gasteiger partial charge on any atom is -0.394 e. The summed E-state index contributed by atoms with van der Waals surface area (Å²) in [5.41, 5.74) is 0. The van der Waals surface area contributed by atoms with E-state index in [1.54, 1.807) is 6.92 Å². The highest BCUT2D eigenvalue weighted by molar-refractivity contribution is 5.89. The second kappa shape index (κ2) is 7.91. The molecule has 0 aromatic heterocycles. The van der Waals surface area contributed by atoms with E-state index in [-0.39, 0.29) is 6.29 Å². The molecule has 17 heavy (non-hydrogen) atoms. The van der Waals surface area contributed by atoms with Gasteiger partial charge in [0, 0.05) is 0 Å². The van der Waals surface area contributed by atoms with Gasteiger partial charge in [0.05, 0.1) is 6.61 Å². The van der Waals surface area contributed by atoms with Crippen molar-refractivity contribution in [3.8, 4) is 0 Å². The van der Waals surface area contributed by atoms with E-state index in [9.17, 15) is 19.8 Å². The molecule has 0 aromatic rings. The number of allylic oxidation sites excluding steroid dienone is 1. The molecule has 0 rings (SSSR count). The first-order valence-electron chi connectivity index (χ1n) is 5.01. The van der Waals surface area contributed by atoms with Crippen molar-refractivity contribution in [3.05, 3.63) is 12.2 Å². The van der Waals surface area contributed by atoms with Crippen molar-refractivity contribution in [2.45, 2.75) is 31.3 Å². The molecule has 0 saturated heterocycles. The molecule has 0 aliphatic carbocycles. The number of aldehydes is 1. The van der Waals surface area contributed by atoms with Gasteiger partial charge in [0.25, 0.3) is 0 Å². The van der Waals surface area contributed by atoms with Crippen LogP contribution in [0.2, 0.25) is 0 Å². The SMILES string of the molecule is CC=CC(=O)N[C@@H](C=O)[C@@H](O)[C@H](O)[C@H](O)CO. The maximum Gasteiger partial charge on any atom is 0.244 e. The Bertz CT molecular complexity index is 280. The number of carbonyl (C=O) groups is 2. The van der Waals surface area contributed by atoms with Crippen LogP contribution in [0.5, 0.6) is 0 Å². The molecule has 0 aromatic carbocycles. The molecule has 0 spiro atoms. The largest absolute Gasteiger partial charge is 0.394 e. The third-order valence-electron chi connectivity index (χ3n) is 2.07. The number of rotatable bonds is 7. The lowest BCUT2D eigenvalue weighted by Crippen LogP contribution is -2.53. The fourth-order valence-electron chi connectivity index (χ4n) is 1.11. The lowest BCUT2D eigenvalue weighted by atomic mass is 10.0. The first-order chi connectivity index (χ1) is 7.97. The Morgan fingerprint density at radius 3 is 2.29 bits per heavy atom. The van der Waals surface area contributed by atoms with Crippen molar-refractivity contribution in [1.82, 2.24) is 5.32 Å². The second-order valence-electron chi connectivity index (χ2n) is 3.40. The second-order valence-corrected chi connectivity index (χ2v) is 3.40. The molecule has 7 heteroatoms. The maximum atomic E-state index is 11.1. The average molecular weight is 247 g/mol. The van der Waals surface area contributed by atoms with Crippen molar-refractivity contribution >= 4 is 12.2 Å². The van der Waals surface area contributed by atoms with Crippen LogP contribution >= 0.6 is 0 Å². The summed E-state index contributed by atoms with van der Waals surface area (Å²) in [6.07, 6.45) is -2.23. The molecule has 0 saturated carbocycles. The van der Waals surface area contributed by atoms with Gasteiger partial charge < -0.3 is 30.5 Å². The lowest BCUT2D eigenvalue weighted by molar-refractivity contribution is -0.128. The molecule has 0 radical (unpaired) electrons. The molecule has 0 bridgehead atoms. The minimum absolute atomic E-state index is 0.235. The van der Waals surface area contributed by atoms with Gasteiger partial charge in [0.15, 0.2) is 0 Å². The molecule has 0 aliphatic heterocycles. The van der Waals surface area contributed by atoms with Crippen LogP contribution in [0.3, 0.4) is 0 Å². The molecule has 98 valence electrons. The number of hydrogen-bond donors (Lipinski definition) is 5. The molecular formula is C10H17NO6. The van der Waals surface area contributed by atoms with Crippen LogP contribution in [0.25, 0.3) is 0 Å². The Morgan fingerprint density at radius 2 is 1.88 bits per heavy atom. The molecule has 0 heterocycles. The zero-order chi connectivity index (χ0) is 13.4. The van der Waals surface area contributed by atoms with E-state index in [2.05, 4.69) is 5.32 Å². The Kier molecular flexibility index (Phi) is 7.31. The maximum absolute atomic E-state index is 11.1. The predicted molar refractivity (Wildman–Crippen MR) is 57.9 cm³/mol. The number of amides is 1. The van der Waals surface area contributed by atoms with Gasteiger partial charge in [0.1, 0.15) is 30.6 Å². The smallest absolute Gasteiger partial charge is 0.244 e. The number of nitrogens with one attached hydrogen (secondary N) is 1. The van der Waals surface area contributed by atoms with Crippen LogP contribution < -0.4 is 5.32 Å². The number of carbonyl (C=O) groups excluding carboxylic acids is 2. The topological polar surface area (TPSA) is 127 Å². The van der Waals surface area contributed by atoms with Crippen LogP contribution in [0.1, 0.15) is 6.92 Å². The predicted octanol–water partition coefficient (Wildman–Crippen LogP) is -2.68. The summed E-state index contributed by atoms with van der Waals surface area (Å²) in [5.74, 6) is -0.616. The molecule has 0 fully saturated rings. The number of aliphatic hydroxyl groups excluding tert-OH is 4. The molecule has 4 atom stereocenters. The Balaban J connectivity index is 4.54. The van der Waals surface area contributed by atoms with E-state index in [1.807, 2.05) is 0 Å². The highest BCUT2D eigenvalue weighted by Crippen LogP contribution is 2.03. The van der Waals surface area contributed by atoms with Crippen molar-refractivity contribution in [2.24, 2.45) is 0 Å². The van der Waals surface area contributed by atoms with Crippen LogP contribution in [-0.4, -0.2) is 63.6 Å². The Hall–Kier alpha value is -1.28. The highest BCUT2D eigenvalue weighted by atomic mass is 16.4. The fraction of sp³-hybridized carbons (Fsp3) is 0.600. The van der Waals surface area contributed by atoms with Gasteiger partial charge in [-0.2, -0.15) is 0 Å². The highest BCUT2D eigenvalue weighted by Gasteiger charge is 2.31. The molecule has 1 amide bonds. The summed E-state index contributed by atoms with van der Waals surface area (Å²) >= 11 is 0. The van der Waals surface area contributed by atoms with Crippen molar-refractivity contribution < 1.29 is 30.0 Å². The van der Waals surface area contributed by atoms with Gasteiger partial charge in [-0.05, 0) is 13.0 Å². The summed E-state index contributed by atoms with van der Waals surface area (Å²) in [5, 5.41) is 38.6. The third kappa shape index (κ3) is 5.05. The first kappa shape index (κ1) is 15.7. The average Bonchev–Trinajstić information content (AvgIpc) is 2.33. The molecular weight excluding hydrogens is 230 g/mol. The van der Waals surface area contributed by atoms with Gasteiger partial charge in [-0.15, -0.1) is 0 Å². The van der Waals surface area contributed by atoms with E-state index in [0.29, 0.717) is 0 Å². The summed E-state index contributed by atoms with van der Waals surface area (Å²) in [6.45, 7) is 0.822. The minimum atomic E-state index is -1.74. The molecule has 0 unspecified atom stereocenters.